The molecule has 0 radical (unpaired) electrons. The van der Waals surface area contributed by atoms with Gasteiger partial charge in [-0.3, -0.25) is 0 Å². The smallest absolute Gasteiger partial charge is 0.330 e. The zero-order valence-corrected chi connectivity index (χ0v) is 14.3. The number of cyclic esters (lactones) is 1. The molecule has 0 saturated heterocycles. The van der Waals surface area contributed by atoms with Crippen LogP contribution in [0.5, 0.6) is 5.75 Å². The summed E-state index contributed by atoms with van der Waals surface area (Å²) < 4.78 is 16.6. The molecule has 1 aliphatic rings. The first-order valence-electron chi connectivity index (χ1n) is 8.42. The Morgan fingerprint density at radius 2 is 1.76 bits per heavy atom. The van der Waals surface area contributed by atoms with Gasteiger partial charge in [0.15, 0.2) is 0 Å². The van der Waals surface area contributed by atoms with Crippen molar-refractivity contribution < 1.29 is 19.0 Å². The van der Waals surface area contributed by atoms with Gasteiger partial charge in [0.1, 0.15) is 18.0 Å². The highest BCUT2D eigenvalue weighted by atomic mass is 16.6. The Kier molecular flexibility index (Phi) is 5.86. The lowest BCUT2D eigenvalue weighted by molar-refractivity contribution is -0.153. The molecule has 0 fully saturated rings. The van der Waals surface area contributed by atoms with Crippen LogP contribution in [0.4, 0.5) is 0 Å². The van der Waals surface area contributed by atoms with Crippen LogP contribution in [0.3, 0.4) is 0 Å². The fourth-order valence-electron chi connectivity index (χ4n) is 2.81. The van der Waals surface area contributed by atoms with E-state index in [1.807, 2.05) is 42.5 Å². The number of aryl methyl sites for hydroxylation is 1. The lowest BCUT2D eigenvalue weighted by Gasteiger charge is -2.27. The zero-order valence-electron chi connectivity index (χ0n) is 14.3. The summed E-state index contributed by atoms with van der Waals surface area (Å²) in [6.07, 6.45) is 4.31. The van der Waals surface area contributed by atoms with E-state index in [2.05, 4.69) is 12.1 Å². The molecule has 1 heterocycles. The van der Waals surface area contributed by atoms with Crippen LogP contribution in [0.2, 0.25) is 0 Å². The van der Waals surface area contributed by atoms with Crippen molar-refractivity contribution in [2.75, 3.05) is 7.11 Å². The molecule has 0 aliphatic carbocycles. The Balaban J connectivity index is 1.58. The molecule has 0 amide bonds. The molecular weight excluding hydrogens is 316 g/mol. The Bertz CT molecular complexity index is 706. The van der Waals surface area contributed by atoms with Gasteiger partial charge in [-0.1, -0.05) is 42.5 Å². The molecule has 130 valence electrons. The van der Waals surface area contributed by atoms with Crippen molar-refractivity contribution in [3.05, 3.63) is 77.9 Å². The van der Waals surface area contributed by atoms with E-state index in [0.29, 0.717) is 6.61 Å². The van der Waals surface area contributed by atoms with E-state index in [9.17, 15) is 4.79 Å². The predicted molar refractivity (Wildman–Crippen MR) is 95.4 cm³/mol. The number of ether oxygens (including phenoxy) is 3. The zero-order chi connectivity index (χ0) is 17.5. The van der Waals surface area contributed by atoms with E-state index in [0.717, 1.165) is 24.2 Å². The van der Waals surface area contributed by atoms with E-state index >= 15 is 0 Å². The second kappa shape index (κ2) is 8.49. The molecule has 4 heteroatoms. The Hall–Kier alpha value is -2.59. The summed E-state index contributed by atoms with van der Waals surface area (Å²) in [5.74, 6) is 0.512. The standard InChI is InChI=1S/C21H22O4/c1-23-18-10-7-17(8-11-18)15-24-19-13-14-21(22)25-20(19)12-9-16-5-3-2-4-6-16/h2-8,10-11,13-14,19-20H,9,12,15H2,1H3/t19-,20-/m1/s1. The molecule has 0 unspecified atom stereocenters. The third kappa shape index (κ3) is 4.94. The fourth-order valence-corrected chi connectivity index (χ4v) is 2.81. The summed E-state index contributed by atoms with van der Waals surface area (Å²) in [6.45, 7) is 0.457. The minimum Gasteiger partial charge on any atom is -0.497 e. The van der Waals surface area contributed by atoms with E-state index in [-0.39, 0.29) is 18.2 Å². The Morgan fingerprint density at radius 3 is 2.48 bits per heavy atom. The van der Waals surface area contributed by atoms with Gasteiger partial charge < -0.3 is 14.2 Å². The van der Waals surface area contributed by atoms with Crippen molar-refractivity contribution in [2.45, 2.75) is 31.7 Å². The highest BCUT2D eigenvalue weighted by molar-refractivity contribution is 5.83. The van der Waals surface area contributed by atoms with Gasteiger partial charge in [-0.05, 0) is 42.2 Å². The second-order valence-electron chi connectivity index (χ2n) is 5.98. The average Bonchev–Trinajstić information content (AvgIpc) is 2.67. The minimum absolute atomic E-state index is 0.233. The summed E-state index contributed by atoms with van der Waals surface area (Å²) in [7, 11) is 1.64. The van der Waals surface area contributed by atoms with Gasteiger partial charge in [0.25, 0.3) is 0 Å². The lowest BCUT2D eigenvalue weighted by atomic mass is 10.0. The molecule has 0 bridgehead atoms. The van der Waals surface area contributed by atoms with Crippen LogP contribution in [0.1, 0.15) is 17.5 Å². The van der Waals surface area contributed by atoms with Crippen molar-refractivity contribution in [2.24, 2.45) is 0 Å². The molecule has 2 atom stereocenters. The SMILES string of the molecule is COc1ccc(CO[C@@H]2C=CC(=O)O[C@@H]2CCc2ccccc2)cc1. The molecule has 2 aromatic rings. The van der Waals surface area contributed by atoms with Crippen molar-refractivity contribution in [3.8, 4) is 5.75 Å². The maximum absolute atomic E-state index is 11.6. The van der Waals surface area contributed by atoms with Crippen LogP contribution in [0.15, 0.2) is 66.7 Å². The molecular formula is C21H22O4. The Morgan fingerprint density at radius 1 is 1.00 bits per heavy atom. The number of hydrogen-bond acceptors (Lipinski definition) is 4. The van der Waals surface area contributed by atoms with Crippen molar-refractivity contribution in [3.63, 3.8) is 0 Å². The van der Waals surface area contributed by atoms with Gasteiger partial charge in [0, 0.05) is 6.08 Å². The van der Waals surface area contributed by atoms with Gasteiger partial charge in [-0.2, -0.15) is 0 Å². The van der Waals surface area contributed by atoms with Crippen molar-refractivity contribution in [1.29, 1.82) is 0 Å². The number of methoxy groups -OCH3 is 1. The monoisotopic (exact) mass is 338 g/mol. The van der Waals surface area contributed by atoms with Gasteiger partial charge in [-0.25, -0.2) is 4.79 Å². The molecule has 1 aliphatic heterocycles. The maximum atomic E-state index is 11.6. The summed E-state index contributed by atoms with van der Waals surface area (Å²) >= 11 is 0. The van der Waals surface area contributed by atoms with Crippen molar-refractivity contribution in [1.82, 2.24) is 0 Å². The lowest BCUT2D eigenvalue weighted by Crippen LogP contribution is -2.35. The topological polar surface area (TPSA) is 44.8 Å². The largest absolute Gasteiger partial charge is 0.497 e. The number of esters is 1. The van der Waals surface area contributed by atoms with Crippen LogP contribution in [-0.4, -0.2) is 25.3 Å². The van der Waals surface area contributed by atoms with Gasteiger partial charge >= 0.3 is 5.97 Å². The highest BCUT2D eigenvalue weighted by Gasteiger charge is 2.27. The number of carbonyl (C=O) groups is 1. The molecule has 2 aromatic carbocycles. The molecule has 0 saturated carbocycles. The summed E-state index contributed by atoms with van der Waals surface area (Å²) in [5.41, 5.74) is 2.27. The van der Waals surface area contributed by atoms with Crippen LogP contribution >= 0.6 is 0 Å². The molecule has 0 N–H and O–H groups in total. The number of rotatable bonds is 7. The van der Waals surface area contributed by atoms with E-state index < -0.39 is 0 Å². The Labute approximate surface area is 148 Å². The quantitative estimate of drug-likeness (QED) is 0.722. The van der Waals surface area contributed by atoms with Gasteiger partial charge in [-0.15, -0.1) is 0 Å². The van der Waals surface area contributed by atoms with Gasteiger partial charge in [0.2, 0.25) is 0 Å². The van der Waals surface area contributed by atoms with Crippen LogP contribution in [-0.2, 0) is 27.3 Å². The molecule has 0 aromatic heterocycles. The van der Waals surface area contributed by atoms with Crippen LogP contribution in [0, 0.1) is 0 Å². The summed E-state index contributed by atoms with van der Waals surface area (Å²) in [5, 5.41) is 0. The van der Waals surface area contributed by atoms with Crippen LogP contribution < -0.4 is 4.74 Å². The molecule has 4 nitrogen and oxygen atoms in total. The second-order valence-corrected chi connectivity index (χ2v) is 5.98. The molecule has 0 spiro atoms. The first kappa shape index (κ1) is 17.2. The van der Waals surface area contributed by atoms with Crippen molar-refractivity contribution >= 4 is 5.97 Å². The summed E-state index contributed by atoms with van der Waals surface area (Å²) in [4.78, 5) is 11.6. The van der Waals surface area contributed by atoms with E-state index in [1.54, 1.807) is 13.2 Å². The predicted octanol–water partition coefficient (Wildman–Crippen LogP) is 3.69. The van der Waals surface area contributed by atoms with Crippen LogP contribution in [0.25, 0.3) is 0 Å². The first-order chi connectivity index (χ1) is 12.2. The summed E-state index contributed by atoms with van der Waals surface area (Å²) in [6, 6.07) is 17.9. The highest BCUT2D eigenvalue weighted by Crippen LogP contribution is 2.20. The average molecular weight is 338 g/mol. The number of carbonyl (C=O) groups excluding carboxylic acids is 1. The maximum Gasteiger partial charge on any atom is 0.330 e. The fraction of sp³-hybridized carbons (Fsp3) is 0.286. The van der Waals surface area contributed by atoms with Gasteiger partial charge in [0.05, 0.1) is 13.7 Å². The first-order valence-corrected chi connectivity index (χ1v) is 8.42. The van der Waals surface area contributed by atoms with E-state index in [1.165, 1.54) is 11.6 Å². The number of hydrogen-bond donors (Lipinski definition) is 0. The third-order valence-corrected chi connectivity index (χ3v) is 4.22. The third-order valence-electron chi connectivity index (χ3n) is 4.22. The molecule has 25 heavy (non-hydrogen) atoms. The minimum atomic E-state index is -0.303. The number of benzene rings is 2. The normalized spacial score (nSPS) is 19.5. The molecule has 3 rings (SSSR count). The van der Waals surface area contributed by atoms with E-state index in [4.69, 9.17) is 14.2 Å².